The van der Waals surface area contributed by atoms with E-state index >= 15 is 0 Å². The molecule has 0 fully saturated rings. The minimum atomic E-state index is -0.168. The van der Waals surface area contributed by atoms with Gasteiger partial charge in [-0.25, -0.2) is 0 Å². The zero-order chi connectivity index (χ0) is 22.9. The normalized spacial score (nSPS) is 10.5. The molecule has 2 heterocycles. The second-order valence-corrected chi connectivity index (χ2v) is 7.92. The van der Waals surface area contributed by atoms with Crippen molar-refractivity contribution in [2.45, 2.75) is 5.16 Å². The SMILES string of the molecule is O=C(CSc1nnc(-c2cccnc2)n1-c1ccccc1)NCCNC(=O)c1ccccc1. The van der Waals surface area contributed by atoms with Crippen LogP contribution >= 0.6 is 11.8 Å². The predicted octanol–water partition coefficient (Wildman–Crippen LogP) is 2.97. The molecule has 0 radical (unpaired) electrons. The van der Waals surface area contributed by atoms with Crippen molar-refractivity contribution >= 4 is 23.6 Å². The van der Waals surface area contributed by atoms with Gasteiger partial charge in [-0.05, 0) is 36.4 Å². The van der Waals surface area contributed by atoms with E-state index in [4.69, 9.17) is 0 Å². The zero-order valence-electron chi connectivity index (χ0n) is 17.7. The van der Waals surface area contributed by atoms with E-state index in [2.05, 4.69) is 25.8 Å². The van der Waals surface area contributed by atoms with Gasteiger partial charge in [0, 0.05) is 42.3 Å². The van der Waals surface area contributed by atoms with Gasteiger partial charge >= 0.3 is 0 Å². The number of benzene rings is 2. The molecular formula is C24H22N6O2S. The molecule has 0 bridgehead atoms. The lowest BCUT2D eigenvalue weighted by atomic mass is 10.2. The lowest BCUT2D eigenvalue weighted by Gasteiger charge is -2.10. The van der Waals surface area contributed by atoms with Gasteiger partial charge < -0.3 is 10.6 Å². The molecular weight excluding hydrogens is 436 g/mol. The van der Waals surface area contributed by atoms with Crippen molar-refractivity contribution in [3.05, 3.63) is 90.8 Å². The summed E-state index contributed by atoms with van der Waals surface area (Å²) in [7, 11) is 0. The van der Waals surface area contributed by atoms with Crippen LogP contribution < -0.4 is 10.6 Å². The Morgan fingerprint density at radius 3 is 2.30 bits per heavy atom. The van der Waals surface area contributed by atoms with Gasteiger partial charge in [0.05, 0.1) is 5.75 Å². The predicted molar refractivity (Wildman–Crippen MR) is 127 cm³/mol. The summed E-state index contributed by atoms with van der Waals surface area (Å²) in [5, 5.41) is 14.8. The zero-order valence-corrected chi connectivity index (χ0v) is 18.5. The van der Waals surface area contributed by atoms with Crippen LogP contribution in [0.25, 0.3) is 17.1 Å². The molecule has 0 aliphatic heterocycles. The number of hydrogen-bond acceptors (Lipinski definition) is 6. The summed E-state index contributed by atoms with van der Waals surface area (Å²) in [6.07, 6.45) is 3.43. The molecule has 0 aliphatic rings. The van der Waals surface area contributed by atoms with Crippen LogP contribution in [-0.4, -0.2) is 50.4 Å². The number of aromatic nitrogens is 4. The molecule has 2 aromatic heterocycles. The number of pyridine rings is 1. The van der Waals surface area contributed by atoms with Crippen molar-refractivity contribution in [1.82, 2.24) is 30.4 Å². The number of rotatable bonds is 9. The summed E-state index contributed by atoms with van der Waals surface area (Å²) in [6, 6.07) is 22.5. The highest BCUT2D eigenvalue weighted by Gasteiger charge is 2.17. The minimum absolute atomic E-state index is 0.153. The van der Waals surface area contributed by atoms with Crippen LogP contribution in [0.15, 0.2) is 90.3 Å². The summed E-state index contributed by atoms with van der Waals surface area (Å²) < 4.78 is 1.91. The standard InChI is InChI=1S/C24H22N6O2S/c31-21(26-14-15-27-23(32)18-8-3-1-4-9-18)17-33-24-29-28-22(19-10-7-13-25-16-19)30(24)20-11-5-2-6-12-20/h1-13,16H,14-15,17H2,(H,26,31)(H,27,32). The number of amides is 2. The average molecular weight is 459 g/mol. The fraction of sp³-hybridized carbons (Fsp3) is 0.125. The van der Waals surface area contributed by atoms with E-state index in [1.54, 1.807) is 24.5 Å². The highest BCUT2D eigenvalue weighted by Crippen LogP contribution is 2.27. The second kappa shape index (κ2) is 11.1. The first-order chi connectivity index (χ1) is 16.2. The first-order valence-corrected chi connectivity index (χ1v) is 11.3. The van der Waals surface area contributed by atoms with Crippen molar-refractivity contribution in [2.75, 3.05) is 18.8 Å². The molecule has 2 aromatic carbocycles. The summed E-state index contributed by atoms with van der Waals surface area (Å²) in [5.74, 6) is 0.503. The van der Waals surface area contributed by atoms with E-state index in [9.17, 15) is 9.59 Å². The van der Waals surface area contributed by atoms with Gasteiger partial charge in [-0.3, -0.25) is 19.1 Å². The van der Waals surface area contributed by atoms with Crippen molar-refractivity contribution in [3.63, 3.8) is 0 Å². The molecule has 0 spiro atoms. The van der Waals surface area contributed by atoms with Crippen LogP contribution in [0.4, 0.5) is 0 Å². The van der Waals surface area contributed by atoms with E-state index in [0.717, 1.165) is 11.3 Å². The molecule has 8 nitrogen and oxygen atoms in total. The van der Waals surface area contributed by atoms with Crippen molar-refractivity contribution < 1.29 is 9.59 Å². The third-order valence-electron chi connectivity index (χ3n) is 4.67. The van der Waals surface area contributed by atoms with Gasteiger partial charge in [-0.15, -0.1) is 10.2 Å². The van der Waals surface area contributed by atoms with Crippen LogP contribution in [0.3, 0.4) is 0 Å². The Morgan fingerprint density at radius 2 is 1.58 bits per heavy atom. The third-order valence-corrected chi connectivity index (χ3v) is 5.60. The molecule has 0 atom stereocenters. The summed E-state index contributed by atoms with van der Waals surface area (Å²) in [6.45, 7) is 0.680. The molecule has 2 N–H and O–H groups in total. The Bertz CT molecular complexity index is 1200. The van der Waals surface area contributed by atoms with Gasteiger partial charge in [0.2, 0.25) is 5.91 Å². The molecule has 2 amide bonds. The van der Waals surface area contributed by atoms with E-state index in [-0.39, 0.29) is 17.6 Å². The van der Waals surface area contributed by atoms with Crippen LogP contribution in [0, 0.1) is 0 Å². The van der Waals surface area contributed by atoms with E-state index in [0.29, 0.717) is 29.6 Å². The maximum absolute atomic E-state index is 12.3. The molecule has 4 aromatic rings. The fourth-order valence-corrected chi connectivity index (χ4v) is 3.89. The van der Waals surface area contributed by atoms with E-state index in [1.165, 1.54) is 11.8 Å². The van der Waals surface area contributed by atoms with Gasteiger partial charge in [0.25, 0.3) is 5.91 Å². The maximum Gasteiger partial charge on any atom is 0.251 e. The molecule has 4 rings (SSSR count). The molecule has 33 heavy (non-hydrogen) atoms. The molecule has 0 saturated carbocycles. The fourth-order valence-electron chi connectivity index (χ4n) is 3.11. The molecule has 0 saturated heterocycles. The first kappa shape index (κ1) is 22.2. The van der Waals surface area contributed by atoms with Crippen molar-refractivity contribution in [1.29, 1.82) is 0 Å². The number of hydrogen-bond donors (Lipinski definition) is 2. The Kier molecular flexibility index (Phi) is 7.44. The minimum Gasteiger partial charge on any atom is -0.354 e. The maximum atomic E-state index is 12.3. The Balaban J connectivity index is 1.35. The summed E-state index contributed by atoms with van der Waals surface area (Å²) >= 11 is 1.30. The number of carbonyl (C=O) groups is 2. The van der Waals surface area contributed by atoms with Crippen LogP contribution in [0.1, 0.15) is 10.4 Å². The number of nitrogens with one attached hydrogen (secondary N) is 2. The second-order valence-electron chi connectivity index (χ2n) is 6.98. The molecule has 0 unspecified atom stereocenters. The average Bonchev–Trinajstić information content (AvgIpc) is 3.31. The van der Waals surface area contributed by atoms with Crippen LogP contribution in [-0.2, 0) is 4.79 Å². The van der Waals surface area contributed by atoms with E-state index < -0.39 is 0 Å². The number of para-hydroxylation sites is 1. The molecule has 9 heteroatoms. The monoisotopic (exact) mass is 458 g/mol. The topological polar surface area (TPSA) is 102 Å². The van der Waals surface area contributed by atoms with Gasteiger partial charge in [-0.2, -0.15) is 0 Å². The summed E-state index contributed by atoms with van der Waals surface area (Å²) in [4.78, 5) is 28.6. The lowest BCUT2D eigenvalue weighted by molar-refractivity contribution is -0.118. The summed E-state index contributed by atoms with van der Waals surface area (Å²) in [5.41, 5.74) is 2.32. The molecule has 166 valence electrons. The van der Waals surface area contributed by atoms with Crippen molar-refractivity contribution in [3.8, 4) is 17.1 Å². The van der Waals surface area contributed by atoms with Crippen LogP contribution in [0.2, 0.25) is 0 Å². The first-order valence-electron chi connectivity index (χ1n) is 10.4. The van der Waals surface area contributed by atoms with Gasteiger partial charge in [0.15, 0.2) is 11.0 Å². The Hall–Kier alpha value is -3.98. The highest BCUT2D eigenvalue weighted by atomic mass is 32.2. The lowest BCUT2D eigenvalue weighted by Crippen LogP contribution is -2.35. The number of carbonyl (C=O) groups excluding carboxylic acids is 2. The number of nitrogens with zero attached hydrogens (tertiary/aromatic N) is 4. The number of thioether (sulfide) groups is 1. The molecule has 0 aliphatic carbocycles. The Labute approximate surface area is 195 Å². The Morgan fingerprint density at radius 1 is 0.848 bits per heavy atom. The van der Waals surface area contributed by atoms with Crippen molar-refractivity contribution in [2.24, 2.45) is 0 Å². The van der Waals surface area contributed by atoms with Gasteiger partial charge in [-0.1, -0.05) is 48.2 Å². The van der Waals surface area contributed by atoms with Gasteiger partial charge in [0.1, 0.15) is 0 Å². The van der Waals surface area contributed by atoms with E-state index in [1.807, 2.05) is 65.2 Å². The van der Waals surface area contributed by atoms with Crippen LogP contribution in [0.5, 0.6) is 0 Å². The highest BCUT2D eigenvalue weighted by molar-refractivity contribution is 7.99. The smallest absolute Gasteiger partial charge is 0.251 e. The largest absolute Gasteiger partial charge is 0.354 e. The quantitative estimate of drug-likeness (QED) is 0.295. The third kappa shape index (κ3) is 5.83.